The molecule has 0 radical (unpaired) electrons. The summed E-state index contributed by atoms with van der Waals surface area (Å²) in [5.41, 5.74) is 1.46. The van der Waals surface area contributed by atoms with Crippen molar-refractivity contribution >= 4 is 17.4 Å². The maximum absolute atomic E-state index is 13.3. The Kier molecular flexibility index (Phi) is 9.58. The zero-order chi connectivity index (χ0) is 27.1. The number of phenolic OH excluding ortho intramolecular Hbond substituents is 1. The number of rotatable bonds is 12. The number of ether oxygens (including phenoxy) is 2. The van der Waals surface area contributed by atoms with E-state index in [9.17, 15) is 19.8 Å². The second kappa shape index (κ2) is 12.6. The van der Waals surface area contributed by atoms with Crippen LogP contribution in [0.2, 0.25) is 0 Å². The molecule has 1 saturated heterocycles. The minimum atomic E-state index is -0.842. The normalized spacial score (nSPS) is 17.0. The predicted molar refractivity (Wildman–Crippen MR) is 143 cm³/mol. The quantitative estimate of drug-likeness (QED) is 0.244. The second-order valence-electron chi connectivity index (χ2n) is 9.15. The fourth-order valence-corrected chi connectivity index (χ4v) is 4.63. The van der Waals surface area contributed by atoms with E-state index in [4.69, 9.17) is 9.47 Å². The first-order valence-corrected chi connectivity index (χ1v) is 12.9. The van der Waals surface area contributed by atoms with Crippen LogP contribution >= 0.6 is 0 Å². The summed E-state index contributed by atoms with van der Waals surface area (Å²) in [6.45, 7) is 11.4. The molecule has 8 heteroatoms. The molecule has 0 unspecified atom stereocenters. The third-order valence-corrected chi connectivity index (χ3v) is 6.68. The van der Waals surface area contributed by atoms with Crippen molar-refractivity contribution in [2.75, 3.05) is 39.9 Å². The highest BCUT2D eigenvalue weighted by Gasteiger charge is 2.46. The zero-order valence-corrected chi connectivity index (χ0v) is 22.4. The number of aryl methyl sites for hydroxylation is 1. The Morgan fingerprint density at radius 1 is 1.05 bits per heavy atom. The van der Waals surface area contributed by atoms with E-state index < -0.39 is 23.5 Å². The Balaban J connectivity index is 2.12. The summed E-state index contributed by atoms with van der Waals surface area (Å²) in [5.74, 6) is -1.00. The smallest absolute Gasteiger partial charge is 0.295 e. The Labute approximate surface area is 219 Å². The van der Waals surface area contributed by atoms with Crippen LogP contribution in [0.25, 0.3) is 5.76 Å². The van der Waals surface area contributed by atoms with Gasteiger partial charge in [0, 0.05) is 6.54 Å². The largest absolute Gasteiger partial charge is 0.507 e. The molecule has 2 N–H and O–H groups in total. The topological polar surface area (TPSA) is 99.5 Å². The van der Waals surface area contributed by atoms with E-state index in [-0.39, 0.29) is 16.9 Å². The van der Waals surface area contributed by atoms with Gasteiger partial charge in [-0.2, -0.15) is 0 Å². The molecule has 3 rings (SSSR count). The van der Waals surface area contributed by atoms with Crippen LogP contribution in [0.1, 0.15) is 56.3 Å². The summed E-state index contributed by atoms with van der Waals surface area (Å²) in [4.78, 5) is 30.3. The van der Waals surface area contributed by atoms with Gasteiger partial charge in [0.25, 0.3) is 11.7 Å². The summed E-state index contributed by atoms with van der Waals surface area (Å²) in [6.07, 6.45) is 1.49. The van der Waals surface area contributed by atoms with Crippen molar-refractivity contribution in [1.82, 2.24) is 9.80 Å². The van der Waals surface area contributed by atoms with Crippen LogP contribution in [-0.2, 0) is 9.59 Å². The number of aromatic hydroxyl groups is 1. The Morgan fingerprint density at radius 2 is 1.78 bits per heavy atom. The molecule has 1 atom stereocenters. The first-order chi connectivity index (χ1) is 17.8. The first-order valence-electron chi connectivity index (χ1n) is 12.9. The van der Waals surface area contributed by atoms with Crippen LogP contribution in [0.15, 0.2) is 42.0 Å². The molecule has 2 aromatic carbocycles. The van der Waals surface area contributed by atoms with E-state index in [0.717, 1.165) is 31.6 Å². The number of aliphatic hydroxyl groups excluding tert-OH is 1. The number of nitrogens with zero attached hydrogens (tertiary/aromatic N) is 2. The second-order valence-corrected chi connectivity index (χ2v) is 9.15. The van der Waals surface area contributed by atoms with E-state index in [0.29, 0.717) is 36.6 Å². The van der Waals surface area contributed by atoms with Crippen molar-refractivity contribution < 1.29 is 29.3 Å². The number of hydrogen-bond donors (Lipinski definition) is 2. The van der Waals surface area contributed by atoms with Crippen molar-refractivity contribution in [2.24, 2.45) is 0 Å². The average Bonchev–Trinajstić information content (AvgIpc) is 3.15. The molecule has 1 aliphatic heterocycles. The van der Waals surface area contributed by atoms with Crippen molar-refractivity contribution in [1.29, 1.82) is 0 Å². The lowest BCUT2D eigenvalue weighted by molar-refractivity contribution is -0.140. The van der Waals surface area contributed by atoms with Crippen LogP contribution in [0, 0.1) is 6.92 Å². The molecule has 0 aliphatic carbocycles. The Bertz CT molecular complexity index is 1160. The summed E-state index contributed by atoms with van der Waals surface area (Å²) in [7, 11) is 1.53. The van der Waals surface area contributed by atoms with E-state index in [2.05, 4.69) is 18.7 Å². The molecule has 8 nitrogen and oxygen atoms in total. The SMILES string of the molecule is CCCOc1ccc([C@H]2C(=C(O)c3cc(C)ccc3O)C(=O)C(=O)N2CCCN(CC)CC)cc1OC. The molecule has 1 aliphatic rings. The van der Waals surface area contributed by atoms with Gasteiger partial charge >= 0.3 is 0 Å². The van der Waals surface area contributed by atoms with E-state index in [1.54, 1.807) is 30.3 Å². The van der Waals surface area contributed by atoms with Crippen molar-refractivity contribution in [3.05, 3.63) is 58.7 Å². The van der Waals surface area contributed by atoms with Gasteiger partial charge in [0.1, 0.15) is 11.5 Å². The molecule has 0 bridgehead atoms. The number of hydrogen-bond acceptors (Lipinski definition) is 7. The molecule has 37 heavy (non-hydrogen) atoms. The molecule has 0 saturated carbocycles. The number of methoxy groups -OCH3 is 1. The van der Waals surface area contributed by atoms with Gasteiger partial charge in [-0.05, 0) is 69.2 Å². The van der Waals surface area contributed by atoms with Crippen molar-refractivity contribution in [2.45, 2.75) is 46.6 Å². The lowest BCUT2D eigenvalue weighted by Gasteiger charge is -2.27. The lowest BCUT2D eigenvalue weighted by atomic mass is 9.94. The highest BCUT2D eigenvalue weighted by molar-refractivity contribution is 6.46. The van der Waals surface area contributed by atoms with Crippen LogP contribution < -0.4 is 9.47 Å². The van der Waals surface area contributed by atoms with E-state index in [1.165, 1.54) is 18.1 Å². The van der Waals surface area contributed by atoms with Crippen LogP contribution in [-0.4, -0.2) is 71.6 Å². The third kappa shape index (κ3) is 6.07. The number of likely N-dealkylation sites (tertiary alicyclic amines) is 1. The monoisotopic (exact) mass is 510 g/mol. The number of phenols is 1. The summed E-state index contributed by atoms with van der Waals surface area (Å²) >= 11 is 0. The molecular weight excluding hydrogens is 472 g/mol. The maximum atomic E-state index is 13.3. The third-order valence-electron chi connectivity index (χ3n) is 6.68. The van der Waals surface area contributed by atoms with Gasteiger partial charge in [0.15, 0.2) is 11.5 Å². The van der Waals surface area contributed by atoms with Crippen LogP contribution in [0.5, 0.6) is 17.2 Å². The molecule has 1 amide bonds. The highest BCUT2D eigenvalue weighted by Crippen LogP contribution is 2.43. The molecule has 1 heterocycles. The number of ketones is 1. The van der Waals surface area contributed by atoms with Gasteiger partial charge < -0.3 is 29.5 Å². The first kappa shape index (κ1) is 28.1. The van der Waals surface area contributed by atoms with Gasteiger partial charge in [0.05, 0.1) is 30.9 Å². The number of amides is 1. The molecule has 1 fully saturated rings. The van der Waals surface area contributed by atoms with Gasteiger partial charge in [-0.3, -0.25) is 9.59 Å². The van der Waals surface area contributed by atoms with E-state index >= 15 is 0 Å². The number of benzene rings is 2. The highest BCUT2D eigenvalue weighted by atomic mass is 16.5. The molecule has 2 aromatic rings. The van der Waals surface area contributed by atoms with Crippen molar-refractivity contribution in [3.63, 3.8) is 0 Å². The summed E-state index contributed by atoms with van der Waals surface area (Å²) in [5, 5.41) is 21.8. The lowest BCUT2D eigenvalue weighted by Crippen LogP contribution is -2.33. The number of aliphatic hydroxyl groups is 1. The Hall–Kier alpha value is -3.52. The van der Waals surface area contributed by atoms with Crippen LogP contribution in [0.4, 0.5) is 0 Å². The summed E-state index contributed by atoms with van der Waals surface area (Å²) in [6, 6.07) is 9.19. The maximum Gasteiger partial charge on any atom is 0.295 e. The number of carbonyl (C=O) groups excluding carboxylic acids is 2. The fourth-order valence-electron chi connectivity index (χ4n) is 4.63. The minimum absolute atomic E-state index is 0.0574. The summed E-state index contributed by atoms with van der Waals surface area (Å²) < 4.78 is 11.3. The minimum Gasteiger partial charge on any atom is -0.507 e. The Morgan fingerprint density at radius 3 is 2.43 bits per heavy atom. The molecular formula is C29H38N2O6. The molecule has 0 spiro atoms. The van der Waals surface area contributed by atoms with Gasteiger partial charge in [-0.25, -0.2) is 0 Å². The van der Waals surface area contributed by atoms with E-state index in [1.807, 2.05) is 13.8 Å². The van der Waals surface area contributed by atoms with Crippen LogP contribution in [0.3, 0.4) is 0 Å². The zero-order valence-electron chi connectivity index (χ0n) is 22.4. The van der Waals surface area contributed by atoms with Gasteiger partial charge in [0.2, 0.25) is 0 Å². The number of Topliss-reactive ketones (excluding diaryl/α,β-unsaturated/α-hetero) is 1. The van der Waals surface area contributed by atoms with Gasteiger partial charge in [-0.15, -0.1) is 0 Å². The fraction of sp³-hybridized carbons (Fsp3) is 0.448. The predicted octanol–water partition coefficient (Wildman–Crippen LogP) is 4.65. The molecule has 0 aromatic heterocycles. The number of carbonyl (C=O) groups is 2. The van der Waals surface area contributed by atoms with Crippen molar-refractivity contribution in [3.8, 4) is 17.2 Å². The average molecular weight is 511 g/mol. The molecule has 200 valence electrons. The standard InChI is InChI=1S/C29H38N2O6/c1-6-16-37-23-13-11-20(18-24(23)36-5)26-25(27(33)21-17-19(4)10-12-22(21)32)28(34)29(35)31(26)15-9-14-30(7-2)8-3/h10-13,17-18,26,32-33H,6-9,14-16H2,1-5H3/t26-/m0/s1. The van der Waals surface area contributed by atoms with Gasteiger partial charge in [-0.1, -0.05) is 38.5 Å².